The summed E-state index contributed by atoms with van der Waals surface area (Å²) in [5, 5.41) is 7.89. The van der Waals surface area contributed by atoms with E-state index in [1.165, 1.54) is 93.5 Å². The van der Waals surface area contributed by atoms with Gasteiger partial charge in [-0.25, -0.2) is 0 Å². The molecule has 10 rings (SSSR count). The molecule has 8 aromatic rings. The Kier molecular flexibility index (Phi) is 4.93. The van der Waals surface area contributed by atoms with Gasteiger partial charge in [0, 0.05) is 5.92 Å². The van der Waals surface area contributed by atoms with Gasteiger partial charge in [0.15, 0.2) is 0 Å². The summed E-state index contributed by atoms with van der Waals surface area (Å²) in [4.78, 5) is 0. The Labute approximate surface area is 256 Å². The normalized spacial score (nSPS) is 14.5. The van der Waals surface area contributed by atoms with E-state index in [9.17, 15) is 0 Å². The van der Waals surface area contributed by atoms with Crippen molar-refractivity contribution in [2.24, 2.45) is 0 Å². The fourth-order valence-corrected chi connectivity index (χ4v) is 8.25. The standard InChI is InChI=1S/C44H28/c1-2-10-31-30(9-1)26-42-36(31)23-24-40-43(38-15-7-8-16-39(38)44(40)42)28-19-17-27(18-20-28)29-21-22-37-34-13-4-3-11-32(34)33-12-5-6-14-35(33)41(37)25-29/h1-25,43H,26H2. The molecule has 2 aliphatic rings. The van der Waals surface area contributed by atoms with E-state index in [2.05, 4.69) is 152 Å². The predicted octanol–water partition coefficient (Wildman–Crippen LogP) is 11.5. The monoisotopic (exact) mass is 556 g/mol. The van der Waals surface area contributed by atoms with Gasteiger partial charge in [0.1, 0.15) is 0 Å². The van der Waals surface area contributed by atoms with Gasteiger partial charge in [-0.05, 0) is 106 Å². The second-order valence-corrected chi connectivity index (χ2v) is 12.4. The Balaban J connectivity index is 1.09. The van der Waals surface area contributed by atoms with Crippen LogP contribution in [0, 0.1) is 0 Å². The minimum Gasteiger partial charge on any atom is -0.0619 e. The molecule has 0 heterocycles. The molecule has 8 aromatic carbocycles. The van der Waals surface area contributed by atoms with Crippen molar-refractivity contribution >= 4 is 32.3 Å². The molecule has 0 saturated heterocycles. The van der Waals surface area contributed by atoms with E-state index in [-0.39, 0.29) is 5.92 Å². The first-order valence-corrected chi connectivity index (χ1v) is 15.6. The van der Waals surface area contributed by atoms with Crippen molar-refractivity contribution in [2.75, 3.05) is 0 Å². The smallest absolute Gasteiger partial charge is 0.0352 e. The molecule has 2 aliphatic carbocycles. The molecule has 0 aliphatic heterocycles. The fourth-order valence-electron chi connectivity index (χ4n) is 8.25. The lowest BCUT2D eigenvalue weighted by Gasteiger charge is -2.16. The highest BCUT2D eigenvalue weighted by molar-refractivity contribution is 6.25. The van der Waals surface area contributed by atoms with Gasteiger partial charge in [-0.2, -0.15) is 0 Å². The third-order valence-corrected chi connectivity index (χ3v) is 10.2. The van der Waals surface area contributed by atoms with Gasteiger partial charge >= 0.3 is 0 Å². The Morgan fingerprint density at radius 2 is 0.977 bits per heavy atom. The third-order valence-electron chi connectivity index (χ3n) is 10.2. The molecule has 1 atom stereocenters. The maximum Gasteiger partial charge on any atom is 0.0352 e. The zero-order chi connectivity index (χ0) is 28.8. The Hall–Kier alpha value is -5.46. The van der Waals surface area contributed by atoms with Crippen LogP contribution in [0.3, 0.4) is 0 Å². The van der Waals surface area contributed by atoms with Crippen molar-refractivity contribution in [1.29, 1.82) is 0 Å². The molecule has 44 heavy (non-hydrogen) atoms. The molecule has 0 radical (unpaired) electrons. The first kappa shape index (κ1) is 24.0. The predicted molar refractivity (Wildman–Crippen MR) is 185 cm³/mol. The lowest BCUT2D eigenvalue weighted by Crippen LogP contribution is -1.99. The van der Waals surface area contributed by atoms with Crippen LogP contribution in [0.4, 0.5) is 0 Å². The van der Waals surface area contributed by atoms with E-state index >= 15 is 0 Å². The number of hydrogen-bond acceptors (Lipinski definition) is 0. The number of rotatable bonds is 2. The number of benzene rings is 8. The van der Waals surface area contributed by atoms with Crippen LogP contribution in [-0.4, -0.2) is 0 Å². The Morgan fingerprint density at radius 1 is 0.386 bits per heavy atom. The average molecular weight is 557 g/mol. The van der Waals surface area contributed by atoms with Crippen LogP contribution in [0.5, 0.6) is 0 Å². The average Bonchev–Trinajstić information content (AvgIpc) is 3.64. The van der Waals surface area contributed by atoms with Gasteiger partial charge in [-0.15, -0.1) is 0 Å². The minimum atomic E-state index is 0.246. The van der Waals surface area contributed by atoms with Crippen LogP contribution < -0.4 is 0 Å². The highest BCUT2D eigenvalue weighted by atomic mass is 14.4. The fraction of sp³-hybridized carbons (Fsp3) is 0.0455. The molecule has 204 valence electrons. The molecule has 0 bridgehead atoms. The first-order chi connectivity index (χ1) is 21.8. The van der Waals surface area contributed by atoms with Crippen LogP contribution in [0.15, 0.2) is 152 Å². The summed E-state index contributed by atoms with van der Waals surface area (Å²) in [6.45, 7) is 0. The molecule has 0 saturated carbocycles. The van der Waals surface area contributed by atoms with Gasteiger partial charge in [-0.3, -0.25) is 0 Å². The number of hydrogen-bond donors (Lipinski definition) is 0. The first-order valence-electron chi connectivity index (χ1n) is 15.6. The number of fused-ring (bicyclic) bond motifs is 13. The second kappa shape index (κ2) is 9.02. The third kappa shape index (κ3) is 3.28. The molecule has 0 amide bonds. The van der Waals surface area contributed by atoms with Gasteiger partial charge in [-0.1, -0.05) is 146 Å². The van der Waals surface area contributed by atoms with Crippen LogP contribution in [0.1, 0.15) is 33.7 Å². The largest absolute Gasteiger partial charge is 0.0619 e. The molecule has 1 unspecified atom stereocenters. The van der Waals surface area contributed by atoms with Crippen LogP contribution in [-0.2, 0) is 6.42 Å². The molecule has 0 aromatic heterocycles. The van der Waals surface area contributed by atoms with Crippen molar-refractivity contribution in [2.45, 2.75) is 12.3 Å². The zero-order valence-electron chi connectivity index (χ0n) is 24.2. The van der Waals surface area contributed by atoms with Crippen LogP contribution in [0.2, 0.25) is 0 Å². The van der Waals surface area contributed by atoms with Crippen LogP contribution >= 0.6 is 0 Å². The topological polar surface area (TPSA) is 0 Å². The lowest BCUT2D eigenvalue weighted by atomic mass is 9.87. The summed E-state index contributed by atoms with van der Waals surface area (Å²) in [5.41, 5.74) is 15.3. The molecule has 0 fully saturated rings. The molecule has 0 N–H and O–H groups in total. The summed E-state index contributed by atoms with van der Waals surface area (Å²) in [5.74, 6) is 0.246. The quantitative estimate of drug-likeness (QED) is 0.186. The zero-order valence-corrected chi connectivity index (χ0v) is 24.2. The summed E-state index contributed by atoms with van der Waals surface area (Å²) >= 11 is 0. The van der Waals surface area contributed by atoms with Crippen molar-refractivity contribution in [1.82, 2.24) is 0 Å². The van der Waals surface area contributed by atoms with Crippen molar-refractivity contribution < 1.29 is 0 Å². The lowest BCUT2D eigenvalue weighted by molar-refractivity contribution is 1.01. The van der Waals surface area contributed by atoms with Gasteiger partial charge in [0.25, 0.3) is 0 Å². The van der Waals surface area contributed by atoms with E-state index in [1.54, 1.807) is 0 Å². The van der Waals surface area contributed by atoms with Gasteiger partial charge in [0.2, 0.25) is 0 Å². The summed E-state index contributed by atoms with van der Waals surface area (Å²) in [6.07, 6.45) is 1.01. The summed E-state index contributed by atoms with van der Waals surface area (Å²) < 4.78 is 0. The van der Waals surface area contributed by atoms with Crippen molar-refractivity contribution in [3.63, 3.8) is 0 Å². The molecule has 0 heteroatoms. The van der Waals surface area contributed by atoms with E-state index in [0.717, 1.165) is 6.42 Å². The molecular weight excluding hydrogens is 528 g/mol. The van der Waals surface area contributed by atoms with E-state index in [1.807, 2.05) is 0 Å². The van der Waals surface area contributed by atoms with Gasteiger partial charge in [0.05, 0.1) is 0 Å². The maximum atomic E-state index is 2.40. The molecule has 0 nitrogen and oxygen atoms in total. The van der Waals surface area contributed by atoms with Gasteiger partial charge < -0.3 is 0 Å². The maximum absolute atomic E-state index is 2.40. The summed E-state index contributed by atoms with van der Waals surface area (Å²) in [7, 11) is 0. The van der Waals surface area contributed by atoms with Crippen LogP contribution in [0.25, 0.3) is 65.7 Å². The Bertz CT molecular complexity index is 2420. The van der Waals surface area contributed by atoms with E-state index < -0.39 is 0 Å². The van der Waals surface area contributed by atoms with Crippen molar-refractivity contribution in [3.05, 3.63) is 179 Å². The SMILES string of the molecule is c1ccc2c(c1)Cc1c-2ccc2c1-c1ccccc1C2c1ccc(-c2ccc3c4ccccc4c4ccccc4c3c2)cc1. The highest BCUT2D eigenvalue weighted by Crippen LogP contribution is 2.53. The summed E-state index contributed by atoms with van der Waals surface area (Å²) in [6, 6.07) is 56.7. The Morgan fingerprint density at radius 3 is 1.73 bits per heavy atom. The highest BCUT2D eigenvalue weighted by Gasteiger charge is 2.34. The second-order valence-electron chi connectivity index (χ2n) is 12.4. The molecule has 0 spiro atoms. The van der Waals surface area contributed by atoms with E-state index in [4.69, 9.17) is 0 Å². The van der Waals surface area contributed by atoms with E-state index in [0.29, 0.717) is 0 Å². The van der Waals surface area contributed by atoms with Crippen molar-refractivity contribution in [3.8, 4) is 33.4 Å². The minimum absolute atomic E-state index is 0.246. The molecular formula is C44H28.